The van der Waals surface area contributed by atoms with Gasteiger partial charge in [0, 0.05) is 17.4 Å². The van der Waals surface area contributed by atoms with Crippen LogP contribution in [0, 0.1) is 5.82 Å². The van der Waals surface area contributed by atoms with Crippen molar-refractivity contribution >= 4 is 33.8 Å². The number of aromatic amines is 2. The number of hydrogen-bond acceptors (Lipinski definition) is 5. The lowest BCUT2D eigenvalue weighted by Crippen LogP contribution is -2.15. The summed E-state index contributed by atoms with van der Waals surface area (Å²) in [6, 6.07) is 17.5. The average molecular weight is 469 g/mol. The molecule has 1 aliphatic carbocycles. The van der Waals surface area contributed by atoms with Gasteiger partial charge in [0.2, 0.25) is 5.95 Å². The quantitative estimate of drug-likeness (QED) is 0.339. The van der Waals surface area contributed by atoms with Gasteiger partial charge in [0.15, 0.2) is 0 Å². The number of fused-ring (bicyclic) bond motifs is 2. The van der Waals surface area contributed by atoms with Crippen molar-refractivity contribution in [2.45, 2.75) is 25.4 Å². The van der Waals surface area contributed by atoms with Crippen LogP contribution in [0.2, 0.25) is 0 Å². The molecule has 8 nitrogen and oxygen atoms in total. The molecule has 2 aromatic heterocycles. The summed E-state index contributed by atoms with van der Waals surface area (Å²) in [4.78, 5) is 31.4. The van der Waals surface area contributed by atoms with Gasteiger partial charge in [-0.2, -0.15) is 5.10 Å². The third-order valence-corrected chi connectivity index (χ3v) is 5.99. The summed E-state index contributed by atoms with van der Waals surface area (Å²) in [6.45, 7) is 0. The smallest absolute Gasteiger partial charge is 0.414 e. The van der Waals surface area contributed by atoms with Crippen molar-refractivity contribution in [3.63, 3.8) is 0 Å². The Morgan fingerprint density at radius 3 is 2.74 bits per heavy atom. The zero-order chi connectivity index (χ0) is 23.9. The Bertz CT molecular complexity index is 1650. The van der Waals surface area contributed by atoms with Gasteiger partial charge in [-0.1, -0.05) is 30.3 Å². The number of amides is 1. The van der Waals surface area contributed by atoms with E-state index in [1.807, 2.05) is 12.1 Å². The summed E-state index contributed by atoms with van der Waals surface area (Å²) in [6.07, 6.45) is 1.64. The Hall–Kier alpha value is -4.53. The highest BCUT2D eigenvalue weighted by atomic mass is 19.1. The number of rotatable bonds is 5. The van der Waals surface area contributed by atoms with Gasteiger partial charge in [0.25, 0.3) is 5.56 Å². The van der Waals surface area contributed by atoms with Crippen LogP contribution in [0.25, 0.3) is 32.9 Å². The molecular formula is C26H20FN5O3. The number of benzene rings is 3. The van der Waals surface area contributed by atoms with Gasteiger partial charge in [0.1, 0.15) is 11.9 Å². The van der Waals surface area contributed by atoms with E-state index >= 15 is 0 Å². The first-order valence-electron chi connectivity index (χ1n) is 11.3. The second kappa shape index (κ2) is 8.35. The molecule has 0 atom stereocenters. The fourth-order valence-corrected chi connectivity index (χ4v) is 4.10. The molecule has 174 valence electrons. The Morgan fingerprint density at radius 2 is 1.91 bits per heavy atom. The number of nitrogens with one attached hydrogen (secondary N) is 3. The van der Waals surface area contributed by atoms with Crippen LogP contribution >= 0.6 is 0 Å². The molecule has 1 aliphatic rings. The molecule has 6 rings (SSSR count). The summed E-state index contributed by atoms with van der Waals surface area (Å²) in [5, 5.41) is 10.7. The predicted octanol–water partition coefficient (Wildman–Crippen LogP) is 4.91. The zero-order valence-corrected chi connectivity index (χ0v) is 18.5. The van der Waals surface area contributed by atoms with Crippen molar-refractivity contribution < 1.29 is 13.9 Å². The third-order valence-electron chi connectivity index (χ3n) is 5.99. The molecule has 0 radical (unpaired) electrons. The van der Waals surface area contributed by atoms with E-state index in [-0.39, 0.29) is 23.4 Å². The number of anilines is 1. The number of carbonyl (C=O) groups excluding carboxylic acids is 1. The first-order chi connectivity index (χ1) is 17.0. The molecule has 1 amide bonds. The summed E-state index contributed by atoms with van der Waals surface area (Å²) in [7, 11) is 0. The van der Waals surface area contributed by atoms with Crippen LogP contribution in [0.3, 0.4) is 0 Å². The van der Waals surface area contributed by atoms with Gasteiger partial charge in [-0.3, -0.25) is 10.1 Å². The highest BCUT2D eigenvalue weighted by molar-refractivity contribution is 5.88. The molecule has 9 heteroatoms. The third kappa shape index (κ3) is 4.23. The van der Waals surface area contributed by atoms with Crippen molar-refractivity contribution in [3.8, 4) is 11.1 Å². The van der Waals surface area contributed by atoms with Crippen LogP contribution in [0.1, 0.15) is 24.1 Å². The van der Waals surface area contributed by atoms with Crippen molar-refractivity contribution in [3.05, 3.63) is 88.1 Å². The molecule has 2 heterocycles. The number of H-pyrrole nitrogens is 2. The SMILES string of the molecule is O=C(Nc1nc2ccc(-c3cc(Cc4n[nH]c(=O)c5ccccc45)ccc3F)cc2[nH]1)OC1CC1. The molecule has 5 aromatic rings. The molecule has 0 saturated heterocycles. The van der Waals surface area contributed by atoms with E-state index in [0.29, 0.717) is 39.7 Å². The average Bonchev–Trinajstić information content (AvgIpc) is 3.58. The normalized spacial score (nSPS) is 13.3. The number of aromatic nitrogens is 4. The minimum Gasteiger partial charge on any atom is -0.446 e. The maximum atomic E-state index is 14.8. The van der Waals surface area contributed by atoms with Gasteiger partial charge in [-0.25, -0.2) is 19.3 Å². The monoisotopic (exact) mass is 469 g/mol. The number of ether oxygens (including phenoxy) is 1. The maximum Gasteiger partial charge on any atom is 0.414 e. The molecule has 35 heavy (non-hydrogen) atoms. The molecular weight excluding hydrogens is 449 g/mol. The molecule has 1 saturated carbocycles. The van der Waals surface area contributed by atoms with Crippen LogP contribution in [0.4, 0.5) is 15.1 Å². The molecule has 3 N–H and O–H groups in total. The van der Waals surface area contributed by atoms with Crippen molar-refractivity contribution in [1.29, 1.82) is 0 Å². The summed E-state index contributed by atoms with van der Waals surface area (Å²) in [5.41, 5.74) is 3.68. The van der Waals surface area contributed by atoms with Gasteiger partial charge in [-0.15, -0.1) is 0 Å². The Labute approximate surface area is 198 Å². The highest BCUT2D eigenvalue weighted by Gasteiger charge is 2.26. The van der Waals surface area contributed by atoms with Crippen molar-refractivity contribution in [1.82, 2.24) is 20.2 Å². The van der Waals surface area contributed by atoms with E-state index in [1.165, 1.54) is 6.07 Å². The predicted molar refractivity (Wildman–Crippen MR) is 130 cm³/mol. The summed E-state index contributed by atoms with van der Waals surface area (Å²) in [5.74, 6) is -0.0914. The van der Waals surface area contributed by atoms with E-state index in [2.05, 4.69) is 25.5 Å². The van der Waals surface area contributed by atoms with Crippen LogP contribution in [0.5, 0.6) is 0 Å². The van der Waals surface area contributed by atoms with Crippen LogP contribution < -0.4 is 10.9 Å². The number of imidazole rings is 1. The minimum absolute atomic E-state index is 0.00875. The highest BCUT2D eigenvalue weighted by Crippen LogP contribution is 2.29. The Morgan fingerprint density at radius 1 is 1.09 bits per heavy atom. The van der Waals surface area contributed by atoms with Gasteiger partial charge < -0.3 is 9.72 Å². The zero-order valence-electron chi connectivity index (χ0n) is 18.5. The van der Waals surface area contributed by atoms with Crippen LogP contribution in [-0.4, -0.2) is 32.4 Å². The Balaban J connectivity index is 1.30. The fraction of sp³-hybridized carbons (Fsp3) is 0.154. The Kier molecular flexibility index (Phi) is 5.02. The number of hydrogen-bond donors (Lipinski definition) is 3. The minimum atomic E-state index is -0.547. The summed E-state index contributed by atoms with van der Waals surface area (Å²) < 4.78 is 20.0. The van der Waals surface area contributed by atoms with Gasteiger partial charge in [0.05, 0.1) is 22.1 Å². The van der Waals surface area contributed by atoms with E-state index in [4.69, 9.17) is 4.74 Å². The first-order valence-corrected chi connectivity index (χ1v) is 11.3. The van der Waals surface area contributed by atoms with E-state index in [9.17, 15) is 14.0 Å². The van der Waals surface area contributed by atoms with Crippen LogP contribution in [0.15, 0.2) is 65.5 Å². The number of halogens is 1. The molecule has 0 bridgehead atoms. The van der Waals surface area contributed by atoms with Gasteiger partial charge >= 0.3 is 6.09 Å². The lowest BCUT2D eigenvalue weighted by molar-refractivity contribution is 0.154. The van der Waals surface area contributed by atoms with E-state index in [1.54, 1.807) is 42.5 Å². The first kappa shape index (κ1) is 21.0. The topological polar surface area (TPSA) is 113 Å². The second-order valence-electron chi connectivity index (χ2n) is 8.58. The lowest BCUT2D eigenvalue weighted by Gasteiger charge is -2.09. The van der Waals surface area contributed by atoms with Crippen molar-refractivity contribution in [2.75, 3.05) is 5.32 Å². The van der Waals surface area contributed by atoms with E-state index in [0.717, 1.165) is 23.8 Å². The second-order valence-corrected chi connectivity index (χ2v) is 8.58. The molecule has 3 aromatic carbocycles. The molecule has 0 spiro atoms. The standard InChI is InChI=1S/C26H20FN5O3/c27-20-9-5-14(12-22-17-3-1-2-4-18(17)24(33)32-31-22)11-19(20)15-6-10-21-23(13-15)29-25(28-21)30-26(34)35-16-7-8-16/h1-6,9-11,13,16H,7-8,12H2,(H,32,33)(H2,28,29,30,34). The molecule has 1 fully saturated rings. The van der Waals surface area contributed by atoms with Crippen LogP contribution in [-0.2, 0) is 11.2 Å². The van der Waals surface area contributed by atoms with E-state index < -0.39 is 6.09 Å². The fourth-order valence-electron chi connectivity index (χ4n) is 4.10. The number of nitrogens with zero attached hydrogens (tertiary/aromatic N) is 2. The summed E-state index contributed by atoms with van der Waals surface area (Å²) >= 11 is 0. The molecule has 0 unspecified atom stereocenters. The lowest BCUT2D eigenvalue weighted by atomic mass is 9.98. The maximum absolute atomic E-state index is 14.8. The molecule has 0 aliphatic heterocycles. The van der Waals surface area contributed by atoms with Gasteiger partial charge in [-0.05, 0) is 54.3 Å². The number of carbonyl (C=O) groups is 1. The van der Waals surface area contributed by atoms with Crippen molar-refractivity contribution in [2.24, 2.45) is 0 Å². The largest absolute Gasteiger partial charge is 0.446 e.